The van der Waals surface area contributed by atoms with Gasteiger partial charge in [0.05, 0.1) is 11.7 Å². The van der Waals surface area contributed by atoms with Gasteiger partial charge in [-0.3, -0.25) is 4.79 Å². The molecular weight excluding hydrogens is 204 g/mol. The number of Topliss-reactive ketones (excluding diaryl/α,β-unsaturated/α-hetero) is 1. The van der Waals surface area contributed by atoms with Gasteiger partial charge in [-0.05, 0) is 32.1 Å². The predicted molar refractivity (Wildman–Crippen MR) is 60.0 cm³/mol. The second-order valence-electron chi connectivity index (χ2n) is 4.73. The smallest absolute Gasteiger partial charge is 0.202 e. The fourth-order valence-electron chi connectivity index (χ4n) is 1.95. The van der Waals surface area contributed by atoms with Gasteiger partial charge in [0, 0.05) is 6.54 Å². The lowest BCUT2D eigenvalue weighted by Gasteiger charge is -2.22. The Kier molecular flexibility index (Phi) is 2.80. The van der Waals surface area contributed by atoms with E-state index in [4.69, 9.17) is 5.73 Å². The van der Waals surface area contributed by atoms with E-state index in [1.807, 2.05) is 13.8 Å². The van der Waals surface area contributed by atoms with E-state index in [0.29, 0.717) is 18.2 Å². The Morgan fingerprint density at radius 3 is 2.94 bits per heavy atom. The minimum absolute atomic E-state index is 0.0338. The Balaban J connectivity index is 2.22. The van der Waals surface area contributed by atoms with E-state index in [1.54, 1.807) is 4.68 Å². The predicted octanol–water partition coefficient (Wildman–Crippen LogP) is 0.998. The van der Waals surface area contributed by atoms with Crippen molar-refractivity contribution in [3.8, 4) is 0 Å². The average molecular weight is 222 g/mol. The van der Waals surface area contributed by atoms with E-state index < -0.39 is 5.54 Å². The summed E-state index contributed by atoms with van der Waals surface area (Å²) in [5.41, 5.74) is 5.89. The van der Waals surface area contributed by atoms with Crippen LogP contribution in [0.5, 0.6) is 0 Å². The highest BCUT2D eigenvalue weighted by atomic mass is 16.1. The van der Waals surface area contributed by atoms with Gasteiger partial charge in [0.1, 0.15) is 5.69 Å². The molecule has 0 bridgehead atoms. The highest BCUT2D eigenvalue weighted by Gasteiger charge is 2.45. The van der Waals surface area contributed by atoms with Gasteiger partial charge in [-0.25, -0.2) is 4.68 Å². The summed E-state index contributed by atoms with van der Waals surface area (Å²) in [5.74, 6) is 0.290. The third-order valence-corrected chi connectivity index (χ3v) is 3.20. The molecule has 1 aliphatic carbocycles. The number of nitrogens with zero attached hydrogens (tertiary/aromatic N) is 3. The highest BCUT2D eigenvalue weighted by molar-refractivity contribution is 6.01. The molecule has 5 heteroatoms. The van der Waals surface area contributed by atoms with E-state index in [9.17, 15) is 4.79 Å². The highest BCUT2D eigenvalue weighted by Crippen LogP contribution is 2.39. The zero-order valence-electron chi connectivity index (χ0n) is 9.81. The van der Waals surface area contributed by atoms with E-state index in [1.165, 1.54) is 6.20 Å². The summed E-state index contributed by atoms with van der Waals surface area (Å²) in [5, 5.41) is 7.70. The summed E-state index contributed by atoms with van der Waals surface area (Å²) in [6.45, 7) is 4.57. The number of hydrogen-bond acceptors (Lipinski definition) is 4. The van der Waals surface area contributed by atoms with Crippen molar-refractivity contribution in [2.75, 3.05) is 0 Å². The number of nitrogens with two attached hydrogens (primary N) is 1. The molecule has 1 unspecified atom stereocenters. The van der Waals surface area contributed by atoms with Crippen LogP contribution in [0.25, 0.3) is 0 Å². The number of carbonyl (C=O) groups excluding carboxylic acids is 1. The van der Waals surface area contributed by atoms with Crippen LogP contribution in [0.1, 0.15) is 43.6 Å². The van der Waals surface area contributed by atoms with Crippen molar-refractivity contribution in [1.29, 1.82) is 0 Å². The summed E-state index contributed by atoms with van der Waals surface area (Å²) in [6.07, 6.45) is 4.54. The first-order valence-corrected chi connectivity index (χ1v) is 5.79. The van der Waals surface area contributed by atoms with Crippen molar-refractivity contribution >= 4 is 5.78 Å². The van der Waals surface area contributed by atoms with Gasteiger partial charge < -0.3 is 5.73 Å². The molecule has 1 saturated carbocycles. The molecule has 1 heterocycles. The average Bonchev–Trinajstić information content (AvgIpc) is 3.00. The zero-order chi connectivity index (χ0) is 11.8. The molecule has 1 aromatic heterocycles. The lowest BCUT2D eigenvalue weighted by molar-refractivity contribution is 0.0871. The van der Waals surface area contributed by atoms with Crippen LogP contribution >= 0.6 is 0 Å². The number of ketones is 1. The fraction of sp³-hybridized carbons (Fsp3) is 0.727. The molecule has 0 amide bonds. The van der Waals surface area contributed by atoms with Gasteiger partial charge in [-0.15, -0.1) is 5.10 Å². The van der Waals surface area contributed by atoms with Crippen LogP contribution in [0.15, 0.2) is 6.20 Å². The van der Waals surface area contributed by atoms with Gasteiger partial charge in [0.25, 0.3) is 0 Å². The van der Waals surface area contributed by atoms with Gasteiger partial charge in [-0.1, -0.05) is 12.1 Å². The molecule has 5 nitrogen and oxygen atoms in total. The summed E-state index contributed by atoms with van der Waals surface area (Å²) in [7, 11) is 0. The Morgan fingerprint density at radius 2 is 2.38 bits per heavy atom. The molecule has 1 fully saturated rings. The molecule has 0 saturated heterocycles. The molecule has 0 spiro atoms. The minimum atomic E-state index is -0.757. The van der Waals surface area contributed by atoms with Gasteiger partial charge in [-0.2, -0.15) is 0 Å². The Morgan fingerprint density at radius 1 is 1.69 bits per heavy atom. The summed E-state index contributed by atoms with van der Waals surface area (Å²) < 4.78 is 1.65. The molecule has 2 N–H and O–H groups in total. The van der Waals surface area contributed by atoms with Gasteiger partial charge >= 0.3 is 0 Å². The van der Waals surface area contributed by atoms with E-state index in [-0.39, 0.29) is 5.78 Å². The SMILES string of the molecule is CCCn1nncc1C(=O)C(C)(N)C1CC1. The van der Waals surface area contributed by atoms with Crippen LogP contribution < -0.4 is 5.73 Å². The molecule has 1 aromatic rings. The van der Waals surface area contributed by atoms with Crippen LogP contribution in [-0.2, 0) is 6.54 Å². The molecule has 0 aromatic carbocycles. The lowest BCUT2D eigenvalue weighted by Crippen LogP contribution is -2.47. The van der Waals surface area contributed by atoms with Crippen LogP contribution in [0.3, 0.4) is 0 Å². The first-order valence-electron chi connectivity index (χ1n) is 5.79. The number of aryl methyl sites for hydroxylation is 1. The Bertz CT molecular complexity index is 392. The number of carbonyl (C=O) groups is 1. The van der Waals surface area contributed by atoms with Crippen molar-refractivity contribution in [3.05, 3.63) is 11.9 Å². The quantitative estimate of drug-likeness (QED) is 0.754. The van der Waals surface area contributed by atoms with Crippen molar-refractivity contribution in [2.45, 2.75) is 45.2 Å². The number of rotatable bonds is 5. The lowest BCUT2D eigenvalue weighted by atomic mass is 9.90. The third-order valence-electron chi connectivity index (χ3n) is 3.20. The van der Waals surface area contributed by atoms with E-state index >= 15 is 0 Å². The van der Waals surface area contributed by atoms with Crippen molar-refractivity contribution in [2.24, 2.45) is 11.7 Å². The van der Waals surface area contributed by atoms with Crippen molar-refractivity contribution in [3.63, 3.8) is 0 Å². The molecular formula is C11H18N4O. The second kappa shape index (κ2) is 3.97. The topological polar surface area (TPSA) is 73.8 Å². The fourth-order valence-corrected chi connectivity index (χ4v) is 1.95. The number of aromatic nitrogens is 3. The van der Waals surface area contributed by atoms with Crippen LogP contribution in [0.2, 0.25) is 0 Å². The van der Waals surface area contributed by atoms with Crippen molar-refractivity contribution < 1.29 is 4.79 Å². The molecule has 0 aliphatic heterocycles. The Hall–Kier alpha value is -1.23. The second-order valence-corrected chi connectivity index (χ2v) is 4.73. The van der Waals surface area contributed by atoms with Crippen LogP contribution in [-0.4, -0.2) is 26.3 Å². The van der Waals surface area contributed by atoms with Gasteiger partial charge in [0.15, 0.2) is 0 Å². The molecule has 88 valence electrons. The van der Waals surface area contributed by atoms with Crippen molar-refractivity contribution in [1.82, 2.24) is 15.0 Å². The summed E-state index contributed by atoms with van der Waals surface area (Å²) in [6, 6.07) is 0. The minimum Gasteiger partial charge on any atom is -0.319 e. The zero-order valence-corrected chi connectivity index (χ0v) is 9.81. The maximum absolute atomic E-state index is 12.3. The van der Waals surface area contributed by atoms with Gasteiger partial charge in [0.2, 0.25) is 5.78 Å². The summed E-state index contributed by atoms with van der Waals surface area (Å²) in [4.78, 5) is 12.3. The molecule has 0 radical (unpaired) electrons. The maximum Gasteiger partial charge on any atom is 0.202 e. The van der Waals surface area contributed by atoms with E-state index in [0.717, 1.165) is 19.3 Å². The Labute approximate surface area is 95.0 Å². The van der Waals surface area contributed by atoms with Crippen LogP contribution in [0, 0.1) is 5.92 Å². The first-order chi connectivity index (χ1) is 7.57. The van der Waals surface area contributed by atoms with Crippen LogP contribution in [0.4, 0.5) is 0 Å². The molecule has 1 atom stereocenters. The normalized spacial score (nSPS) is 19.4. The molecule has 1 aliphatic rings. The number of hydrogen-bond donors (Lipinski definition) is 1. The largest absolute Gasteiger partial charge is 0.319 e. The third kappa shape index (κ3) is 1.87. The maximum atomic E-state index is 12.3. The first kappa shape index (κ1) is 11.3. The summed E-state index contributed by atoms with van der Waals surface area (Å²) >= 11 is 0. The molecule has 16 heavy (non-hydrogen) atoms. The standard InChI is InChI=1S/C11H18N4O/c1-3-6-15-9(7-13-14-15)10(16)11(2,12)8-4-5-8/h7-8H,3-6,12H2,1-2H3. The monoisotopic (exact) mass is 222 g/mol. The molecule has 2 rings (SSSR count). The van der Waals surface area contributed by atoms with E-state index in [2.05, 4.69) is 10.3 Å².